The maximum absolute atomic E-state index is 11.4. The van der Waals surface area contributed by atoms with Gasteiger partial charge in [0.25, 0.3) is 0 Å². The van der Waals surface area contributed by atoms with Crippen LogP contribution in [0.4, 0.5) is 4.79 Å². The Balaban J connectivity index is 3.97. The highest BCUT2D eigenvalue weighted by Crippen LogP contribution is 2.06. The van der Waals surface area contributed by atoms with Crippen molar-refractivity contribution in [1.82, 2.24) is 16.0 Å². The first-order valence-electron chi connectivity index (χ1n) is 7.80. The fourth-order valence-electron chi connectivity index (χ4n) is 1.43. The number of hydrogen-bond acceptors (Lipinski definition) is 3. The molecule has 3 N–H and O–H groups in total. The van der Waals surface area contributed by atoms with Gasteiger partial charge >= 0.3 is 6.09 Å². The van der Waals surface area contributed by atoms with E-state index in [9.17, 15) is 4.79 Å². The van der Waals surface area contributed by atoms with Crippen molar-refractivity contribution >= 4 is 12.1 Å². The number of nitrogens with one attached hydrogen (secondary N) is 3. The predicted molar refractivity (Wildman–Crippen MR) is 87.7 cm³/mol. The van der Waals surface area contributed by atoms with Crippen LogP contribution in [-0.4, -0.2) is 43.3 Å². The summed E-state index contributed by atoms with van der Waals surface area (Å²) in [5.74, 6) is 0.823. The minimum absolute atomic E-state index is 0.379. The van der Waals surface area contributed by atoms with Gasteiger partial charge in [-0.15, -0.1) is 0 Å². The van der Waals surface area contributed by atoms with E-state index in [2.05, 4.69) is 34.8 Å². The monoisotopic (exact) mass is 300 g/mol. The molecule has 0 fully saturated rings. The molecule has 21 heavy (non-hydrogen) atoms. The summed E-state index contributed by atoms with van der Waals surface area (Å²) in [6.45, 7) is 13.9. The lowest BCUT2D eigenvalue weighted by atomic mass is 10.2. The lowest BCUT2D eigenvalue weighted by molar-refractivity contribution is 0.0527. The molecule has 0 heterocycles. The van der Waals surface area contributed by atoms with Gasteiger partial charge in [0.1, 0.15) is 5.60 Å². The number of aliphatic imine (C=N–C) groups is 1. The predicted octanol–water partition coefficient (Wildman–Crippen LogP) is 2.25. The van der Waals surface area contributed by atoms with Gasteiger partial charge in [-0.1, -0.05) is 6.92 Å². The second-order valence-corrected chi connectivity index (χ2v) is 6.00. The summed E-state index contributed by atoms with van der Waals surface area (Å²) in [4.78, 5) is 15.9. The highest BCUT2D eigenvalue weighted by Gasteiger charge is 2.15. The largest absolute Gasteiger partial charge is 0.444 e. The molecule has 0 spiro atoms. The number of guanidine groups is 1. The molecule has 1 unspecified atom stereocenters. The molecular weight excluding hydrogens is 268 g/mol. The first kappa shape index (κ1) is 19.5. The van der Waals surface area contributed by atoms with Crippen LogP contribution in [0.3, 0.4) is 0 Å². The molecule has 0 aromatic rings. The molecule has 1 amide bonds. The van der Waals surface area contributed by atoms with E-state index in [0.29, 0.717) is 19.1 Å². The number of nitrogens with zero attached hydrogens (tertiary/aromatic N) is 1. The molecule has 6 heteroatoms. The van der Waals surface area contributed by atoms with Crippen molar-refractivity contribution in [2.24, 2.45) is 4.99 Å². The van der Waals surface area contributed by atoms with Crippen molar-refractivity contribution in [3.8, 4) is 0 Å². The van der Waals surface area contributed by atoms with Crippen LogP contribution in [-0.2, 0) is 4.74 Å². The summed E-state index contributed by atoms with van der Waals surface area (Å²) >= 11 is 0. The van der Waals surface area contributed by atoms with E-state index in [1.54, 1.807) is 0 Å². The normalized spacial score (nSPS) is 13.5. The number of ether oxygens (including phenoxy) is 1. The van der Waals surface area contributed by atoms with Crippen molar-refractivity contribution in [3.63, 3.8) is 0 Å². The second-order valence-electron chi connectivity index (χ2n) is 6.00. The zero-order valence-corrected chi connectivity index (χ0v) is 14.4. The van der Waals surface area contributed by atoms with Crippen molar-refractivity contribution in [2.45, 2.75) is 66.0 Å². The van der Waals surface area contributed by atoms with Crippen LogP contribution >= 0.6 is 0 Å². The number of amides is 1. The number of carbonyl (C=O) groups excluding carboxylic acids is 1. The van der Waals surface area contributed by atoms with Gasteiger partial charge in [-0.2, -0.15) is 0 Å². The van der Waals surface area contributed by atoms with Gasteiger partial charge in [-0.05, 0) is 47.5 Å². The number of rotatable bonds is 7. The van der Waals surface area contributed by atoms with Crippen molar-refractivity contribution in [1.29, 1.82) is 0 Å². The Morgan fingerprint density at radius 2 is 1.90 bits per heavy atom. The molecule has 0 rings (SSSR count). The van der Waals surface area contributed by atoms with Crippen molar-refractivity contribution in [2.75, 3.05) is 19.6 Å². The van der Waals surface area contributed by atoms with Crippen molar-refractivity contribution < 1.29 is 9.53 Å². The number of alkyl carbamates (subject to hydrolysis) is 1. The van der Waals surface area contributed by atoms with Crippen LogP contribution in [0, 0.1) is 0 Å². The van der Waals surface area contributed by atoms with Gasteiger partial charge in [0, 0.05) is 25.7 Å². The van der Waals surface area contributed by atoms with Crippen LogP contribution in [0.1, 0.15) is 54.4 Å². The quantitative estimate of drug-likeness (QED) is 0.383. The van der Waals surface area contributed by atoms with E-state index < -0.39 is 5.60 Å². The average molecular weight is 300 g/mol. The highest BCUT2D eigenvalue weighted by molar-refractivity contribution is 5.80. The van der Waals surface area contributed by atoms with Crippen molar-refractivity contribution in [3.05, 3.63) is 0 Å². The van der Waals surface area contributed by atoms with E-state index in [1.165, 1.54) is 0 Å². The third kappa shape index (κ3) is 12.0. The number of hydrogen-bond donors (Lipinski definition) is 3. The summed E-state index contributed by atoms with van der Waals surface area (Å²) in [5.41, 5.74) is -0.458. The molecule has 0 saturated heterocycles. The summed E-state index contributed by atoms with van der Waals surface area (Å²) in [7, 11) is 0. The summed E-state index contributed by atoms with van der Waals surface area (Å²) in [5, 5.41) is 9.26. The third-order valence-electron chi connectivity index (χ3n) is 2.61. The first-order chi connectivity index (χ1) is 9.78. The van der Waals surface area contributed by atoms with E-state index >= 15 is 0 Å². The van der Waals surface area contributed by atoms with Crippen LogP contribution in [0.5, 0.6) is 0 Å². The molecule has 0 radical (unpaired) electrons. The molecule has 1 atom stereocenters. The maximum atomic E-state index is 11.4. The molecule has 124 valence electrons. The van der Waals surface area contributed by atoms with E-state index in [1.807, 2.05) is 27.7 Å². The van der Waals surface area contributed by atoms with Gasteiger partial charge in [0.05, 0.1) is 0 Å². The molecule has 0 aliphatic rings. The highest BCUT2D eigenvalue weighted by atomic mass is 16.6. The summed E-state index contributed by atoms with van der Waals surface area (Å²) in [6, 6.07) is 0.391. The van der Waals surface area contributed by atoms with Crippen LogP contribution in [0.15, 0.2) is 4.99 Å². The van der Waals surface area contributed by atoms with Crippen LogP contribution in [0.2, 0.25) is 0 Å². The lowest BCUT2D eigenvalue weighted by Gasteiger charge is -2.19. The van der Waals surface area contributed by atoms with Gasteiger partial charge in [0.2, 0.25) is 0 Å². The summed E-state index contributed by atoms with van der Waals surface area (Å²) < 4.78 is 5.16. The Hall–Kier alpha value is -1.46. The van der Waals surface area contributed by atoms with Gasteiger partial charge in [0.15, 0.2) is 5.96 Å². The fraction of sp³-hybridized carbons (Fsp3) is 0.867. The van der Waals surface area contributed by atoms with Crippen LogP contribution < -0.4 is 16.0 Å². The van der Waals surface area contributed by atoms with E-state index in [4.69, 9.17) is 4.74 Å². The Bertz CT molecular complexity index is 324. The Morgan fingerprint density at radius 1 is 1.24 bits per heavy atom. The van der Waals surface area contributed by atoms with Gasteiger partial charge in [-0.3, -0.25) is 4.99 Å². The summed E-state index contributed by atoms with van der Waals surface area (Å²) in [6.07, 6.45) is 1.44. The smallest absolute Gasteiger partial charge is 0.407 e. The Kier molecular flexibility index (Phi) is 9.58. The molecular formula is C15H32N4O2. The first-order valence-corrected chi connectivity index (χ1v) is 7.80. The van der Waals surface area contributed by atoms with E-state index in [-0.39, 0.29) is 6.09 Å². The topological polar surface area (TPSA) is 74.8 Å². The SMILES string of the molecule is CCNC(=NCCCNC(=O)OC(C)(C)C)NC(C)CC. The Morgan fingerprint density at radius 3 is 2.43 bits per heavy atom. The average Bonchev–Trinajstić information content (AvgIpc) is 2.36. The van der Waals surface area contributed by atoms with E-state index in [0.717, 1.165) is 25.3 Å². The molecule has 0 aliphatic heterocycles. The maximum Gasteiger partial charge on any atom is 0.407 e. The van der Waals surface area contributed by atoms with Gasteiger partial charge < -0.3 is 20.7 Å². The zero-order valence-electron chi connectivity index (χ0n) is 14.4. The Labute approximate surface area is 129 Å². The molecule has 0 aromatic heterocycles. The minimum atomic E-state index is -0.458. The fourth-order valence-corrected chi connectivity index (χ4v) is 1.43. The zero-order chi connectivity index (χ0) is 16.3. The lowest BCUT2D eigenvalue weighted by Crippen LogP contribution is -2.42. The minimum Gasteiger partial charge on any atom is -0.444 e. The van der Waals surface area contributed by atoms with Crippen LogP contribution in [0.25, 0.3) is 0 Å². The molecule has 6 nitrogen and oxygen atoms in total. The molecule has 0 bridgehead atoms. The van der Waals surface area contributed by atoms with Gasteiger partial charge in [-0.25, -0.2) is 4.79 Å². The number of carbonyl (C=O) groups is 1. The molecule has 0 saturated carbocycles. The second kappa shape index (κ2) is 10.3. The molecule has 0 aliphatic carbocycles. The standard InChI is InChI=1S/C15H32N4O2/c1-7-12(3)19-13(16-8-2)17-10-9-11-18-14(20)21-15(4,5)6/h12H,7-11H2,1-6H3,(H,18,20)(H2,16,17,19). The third-order valence-corrected chi connectivity index (χ3v) is 2.61. The molecule has 0 aromatic carbocycles.